The number of likely N-dealkylation sites (tertiary alicyclic amines) is 1. The van der Waals surface area contributed by atoms with Gasteiger partial charge in [0, 0.05) is 24.4 Å². The number of hydrogen-bond donors (Lipinski definition) is 2. The normalized spacial score (nSPS) is 18.9. The SMILES string of the molecule is CCC(C)C(=O)N1CCCC(C(=O)Nc2nc(CC(=O)O)cs2)C1. The van der Waals surface area contributed by atoms with Crippen molar-refractivity contribution in [2.45, 2.75) is 39.5 Å². The molecule has 1 aromatic heterocycles. The number of carboxylic acid groups (broad SMARTS) is 1. The number of aromatic nitrogens is 1. The maximum atomic E-state index is 12.4. The average Bonchev–Trinajstić information content (AvgIpc) is 2.99. The number of piperidine rings is 1. The van der Waals surface area contributed by atoms with Crippen LogP contribution in [-0.2, 0) is 20.8 Å². The van der Waals surface area contributed by atoms with E-state index in [1.807, 2.05) is 13.8 Å². The van der Waals surface area contributed by atoms with Gasteiger partial charge in [-0.2, -0.15) is 0 Å². The Labute approximate surface area is 145 Å². The summed E-state index contributed by atoms with van der Waals surface area (Å²) in [6, 6.07) is 0. The Balaban J connectivity index is 1.93. The van der Waals surface area contributed by atoms with Crippen LogP contribution >= 0.6 is 11.3 Å². The van der Waals surface area contributed by atoms with Gasteiger partial charge < -0.3 is 15.3 Å². The summed E-state index contributed by atoms with van der Waals surface area (Å²) in [5.74, 6) is -1.28. The lowest BCUT2D eigenvalue weighted by molar-refractivity contribution is -0.138. The van der Waals surface area contributed by atoms with Crippen LogP contribution < -0.4 is 5.32 Å². The molecule has 1 aromatic rings. The highest BCUT2D eigenvalue weighted by Gasteiger charge is 2.30. The molecule has 2 unspecified atom stereocenters. The molecule has 0 saturated carbocycles. The molecule has 2 heterocycles. The van der Waals surface area contributed by atoms with Gasteiger partial charge in [-0.15, -0.1) is 11.3 Å². The molecule has 2 N–H and O–H groups in total. The molecule has 24 heavy (non-hydrogen) atoms. The second-order valence-electron chi connectivity index (χ2n) is 6.14. The number of carboxylic acids is 1. The summed E-state index contributed by atoms with van der Waals surface area (Å²) >= 11 is 1.21. The first kappa shape index (κ1) is 18.4. The summed E-state index contributed by atoms with van der Waals surface area (Å²) in [7, 11) is 0. The zero-order valence-electron chi connectivity index (χ0n) is 13.9. The highest BCUT2D eigenvalue weighted by atomic mass is 32.1. The third kappa shape index (κ3) is 4.77. The van der Waals surface area contributed by atoms with E-state index in [4.69, 9.17) is 5.11 Å². The van der Waals surface area contributed by atoms with E-state index in [1.54, 1.807) is 10.3 Å². The second-order valence-corrected chi connectivity index (χ2v) is 6.99. The van der Waals surface area contributed by atoms with Gasteiger partial charge in [-0.3, -0.25) is 14.4 Å². The Morgan fingerprint density at radius 3 is 2.92 bits per heavy atom. The van der Waals surface area contributed by atoms with Crippen LogP contribution in [0.5, 0.6) is 0 Å². The van der Waals surface area contributed by atoms with Gasteiger partial charge in [-0.05, 0) is 19.3 Å². The third-order valence-corrected chi connectivity index (χ3v) is 5.06. The quantitative estimate of drug-likeness (QED) is 0.815. The average molecular weight is 353 g/mol. The van der Waals surface area contributed by atoms with Crippen LogP contribution in [0, 0.1) is 11.8 Å². The van der Waals surface area contributed by atoms with Crippen LogP contribution in [0.3, 0.4) is 0 Å². The molecule has 0 radical (unpaired) electrons. The lowest BCUT2D eigenvalue weighted by atomic mass is 9.95. The van der Waals surface area contributed by atoms with Gasteiger partial charge in [-0.1, -0.05) is 13.8 Å². The van der Waals surface area contributed by atoms with Crippen molar-refractivity contribution >= 4 is 34.3 Å². The summed E-state index contributed by atoms with van der Waals surface area (Å²) in [5.41, 5.74) is 0.431. The number of carbonyl (C=O) groups is 3. The molecule has 7 nitrogen and oxygen atoms in total. The molecule has 0 aliphatic carbocycles. The minimum Gasteiger partial charge on any atom is -0.481 e. The first-order valence-corrected chi connectivity index (χ1v) is 9.04. The molecular formula is C16H23N3O4S. The number of thiazole rings is 1. The first-order chi connectivity index (χ1) is 11.4. The van der Waals surface area contributed by atoms with Gasteiger partial charge >= 0.3 is 5.97 Å². The lowest BCUT2D eigenvalue weighted by Crippen LogP contribution is -2.45. The van der Waals surface area contributed by atoms with Crippen molar-refractivity contribution < 1.29 is 19.5 Å². The van der Waals surface area contributed by atoms with Crippen molar-refractivity contribution in [2.75, 3.05) is 18.4 Å². The van der Waals surface area contributed by atoms with E-state index in [9.17, 15) is 14.4 Å². The van der Waals surface area contributed by atoms with E-state index < -0.39 is 5.97 Å². The van der Waals surface area contributed by atoms with Gasteiger partial charge in [0.05, 0.1) is 18.0 Å². The molecule has 0 spiro atoms. The van der Waals surface area contributed by atoms with Gasteiger partial charge in [0.15, 0.2) is 5.13 Å². The predicted molar refractivity (Wildman–Crippen MR) is 90.8 cm³/mol. The predicted octanol–water partition coefficient (Wildman–Crippen LogP) is 1.99. The molecule has 1 aliphatic rings. The maximum Gasteiger partial charge on any atom is 0.309 e. The largest absolute Gasteiger partial charge is 0.481 e. The zero-order chi connectivity index (χ0) is 17.7. The standard InChI is InChI=1S/C16H23N3O4S/c1-3-10(2)15(23)19-6-4-5-11(8-19)14(22)18-16-17-12(9-24-16)7-13(20)21/h9-11H,3-8H2,1-2H3,(H,20,21)(H,17,18,22). The molecule has 1 saturated heterocycles. The molecule has 2 atom stereocenters. The van der Waals surface area contributed by atoms with Gasteiger partial charge in [0.2, 0.25) is 11.8 Å². The van der Waals surface area contributed by atoms with Crippen LogP contribution in [0.1, 0.15) is 38.8 Å². The lowest BCUT2D eigenvalue weighted by Gasteiger charge is -2.33. The van der Waals surface area contributed by atoms with E-state index in [1.165, 1.54) is 11.3 Å². The Morgan fingerprint density at radius 2 is 2.25 bits per heavy atom. The molecule has 2 amide bonds. The topological polar surface area (TPSA) is 99.6 Å². The molecule has 1 fully saturated rings. The Morgan fingerprint density at radius 1 is 1.50 bits per heavy atom. The van der Waals surface area contributed by atoms with Gasteiger partial charge in [0.1, 0.15) is 0 Å². The van der Waals surface area contributed by atoms with Crippen molar-refractivity contribution in [3.8, 4) is 0 Å². The second kappa shape index (κ2) is 8.23. The van der Waals surface area contributed by atoms with Gasteiger partial charge in [-0.25, -0.2) is 4.98 Å². The monoisotopic (exact) mass is 353 g/mol. The highest BCUT2D eigenvalue weighted by Crippen LogP contribution is 2.22. The summed E-state index contributed by atoms with van der Waals surface area (Å²) in [6.07, 6.45) is 2.18. The Kier molecular flexibility index (Phi) is 6.30. The number of nitrogens with one attached hydrogen (secondary N) is 1. The third-order valence-electron chi connectivity index (χ3n) is 4.25. The van der Waals surface area contributed by atoms with E-state index in [-0.39, 0.29) is 30.1 Å². The smallest absolute Gasteiger partial charge is 0.309 e. The van der Waals surface area contributed by atoms with Crippen molar-refractivity contribution in [1.29, 1.82) is 0 Å². The number of rotatable bonds is 6. The fraction of sp³-hybridized carbons (Fsp3) is 0.625. The molecule has 2 rings (SSSR count). The molecule has 0 bridgehead atoms. The molecule has 8 heteroatoms. The number of carbonyl (C=O) groups excluding carboxylic acids is 2. The zero-order valence-corrected chi connectivity index (χ0v) is 14.8. The van der Waals surface area contributed by atoms with Crippen LogP contribution in [0.25, 0.3) is 0 Å². The molecule has 1 aliphatic heterocycles. The first-order valence-electron chi connectivity index (χ1n) is 8.16. The molecular weight excluding hydrogens is 330 g/mol. The van der Waals surface area contributed by atoms with Crippen molar-refractivity contribution in [3.05, 3.63) is 11.1 Å². The fourth-order valence-electron chi connectivity index (χ4n) is 2.69. The van der Waals surface area contributed by atoms with Crippen LogP contribution in [-0.4, -0.2) is 45.9 Å². The fourth-order valence-corrected chi connectivity index (χ4v) is 3.40. The van der Waals surface area contributed by atoms with E-state index in [0.29, 0.717) is 23.9 Å². The van der Waals surface area contributed by atoms with Crippen molar-refractivity contribution in [1.82, 2.24) is 9.88 Å². The molecule has 132 valence electrons. The summed E-state index contributed by atoms with van der Waals surface area (Å²) < 4.78 is 0. The highest BCUT2D eigenvalue weighted by molar-refractivity contribution is 7.13. The summed E-state index contributed by atoms with van der Waals surface area (Å²) in [6.45, 7) is 5.02. The summed E-state index contributed by atoms with van der Waals surface area (Å²) in [4.78, 5) is 41.2. The van der Waals surface area contributed by atoms with Crippen LogP contribution in [0.2, 0.25) is 0 Å². The molecule has 0 aromatic carbocycles. The number of nitrogens with zero attached hydrogens (tertiary/aromatic N) is 2. The number of anilines is 1. The Bertz CT molecular complexity index is 616. The summed E-state index contributed by atoms with van der Waals surface area (Å²) in [5, 5.41) is 13.5. The van der Waals surface area contributed by atoms with Crippen molar-refractivity contribution in [3.63, 3.8) is 0 Å². The Hall–Kier alpha value is -1.96. The number of hydrogen-bond acceptors (Lipinski definition) is 5. The van der Waals surface area contributed by atoms with Crippen LogP contribution in [0.15, 0.2) is 5.38 Å². The van der Waals surface area contributed by atoms with E-state index in [0.717, 1.165) is 19.3 Å². The van der Waals surface area contributed by atoms with E-state index >= 15 is 0 Å². The maximum absolute atomic E-state index is 12.4. The minimum atomic E-state index is -0.954. The van der Waals surface area contributed by atoms with E-state index in [2.05, 4.69) is 10.3 Å². The van der Waals surface area contributed by atoms with Crippen LogP contribution in [0.4, 0.5) is 5.13 Å². The number of aliphatic carboxylic acids is 1. The van der Waals surface area contributed by atoms with Crippen molar-refractivity contribution in [2.24, 2.45) is 11.8 Å². The number of amides is 2. The minimum absolute atomic E-state index is 0.0237. The van der Waals surface area contributed by atoms with Gasteiger partial charge in [0.25, 0.3) is 0 Å².